The van der Waals surface area contributed by atoms with Gasteiger partial charge in [-0.2, -0.15) is 10.1 Å². The monoisotopic (exact) mass is 417 g/mol. The van der Waals surface area contributed by atoms with Gasteiger partial charge in [-0.1, -0.05) is 35.0 Å². The minimum atomic E-state index is -0.449. The van der Waals surface area contributed by atoms with Crippen molar-refractivity contribution in [1.29, 1.82) is 0 Å². The fraction of sp³-hybridized carbons (Fsp3) is 0.217. The lowest BCUT2D eigenvalue weighted by Crippen LogP contribution is -2.27. The minimum Gasteiger partial charge on any atom is -0.497 e. The largest absolute Gasteiger partial charge is 0.497 e. The van der Waals surface area contributed by atoms with Crippen LogP contribution in [0.3, 0.4) is 0 Å². The number of nitrogens with zero attached hydrogens (tertiary/aromatic N) is 4. The molecule has 31 heavy (non-hydrogen) atoms. The van der Waals surface area contributed by atoms with Crippen molar-refractivity contribution in [2.45, 2.75) is 26.8 Å². The summed E-state index contributed by atoms with van der Waals surface area (Å²) in [6, 6.07) is 14.9. The quantitative estimate of drug-likeness (QED) is 0.509. The smallest absolute Gasteiger partial charge is 0.255 e. The number of rotatable bonds is 6. The van der Waals surface area contributed by atoms with Crippen molar-refractivity contribution in [3.8, 4) is 22.7 Å². The van der Waals surface area contributed by atoms with Crippen molar-refractivity contribution in [3.63, 3.8) is 0 Å². The van der Waals surface area contributed by atoms with Crippen molar-refractivity contribution in [1.82, 2.24) is 25.2 Å². The average molecular weight is 417 g/mol. The normalized spacial score (nSPS) is 11.9. The van der Waals surface area contributed by atoms with Gasteiger partial charge in [-0.05, 0) is 45.0 Å². The fourth-order valence-electron chi connectivity index (χ4n) is 3.18. The van der Waals surface area contributed by atoms with Crippen molar-refractivity contribution in [2.75, 3.05) is 7.11 Å². The third-order valence-electron chi connectivity index (χ3n) is 4.86. The van der Waals surface area contributed by atoms with Gasteiger partial charge in [0.05, 0.1) is 18.4 Å². The Balaban J connectivity index is 1.73. The molecule has 158 valence electrons. The standard InChI is InChI=1S/C23H23N5O3/c1-14-8-10-18(11-9-14)28-13-20(21(26-28)17-6-5-7-19(12-17)30-4)22(29)24-15(2)23-25-16(3)27-31-23/h5-13,15H,1-4H3,(H,24,29). The van der Waals surface area contributed by atoms with Crippen molar-refractivity contribution in [2.24, 2.45) is 0 Å². The number of aryl methyl sites for hydroxylation is 2. The molecule has 1 unspecified atom stereocenters. The predicted molar refractivity (Wildman–Crippen MR) is 115 cm³/mol. The first kappa shape index (κ1) is 20.3. The summed E-state index contributed by atoms with van der Waals surface area (Å²) in [6.45, 7) is 5.54. The van der Waals surface area contributed by atoms with E-state index in [1.807, 2.05) is 55.5 Å². The summed E-state index contributed by atoms with van der Waals surface area (Å²) in [5, 5.41) is 11.4. The maximum Gasteiger partial charge on any atom is 0.255 e. The molecule has 1 atom stereocenters. The summed E-state index contributed by atoms with van der Waals surface area (Å²) >= 11 is 0. The summed E-state index contributed by atoms with van der Waals surface area (Å²) in [5.74, 6) is 1.25. The second-order valence-corrected chi connectivity index (χ2v) is 7.28. The van der Waals surface area contributed by atoms with Crippen LogP contribution in [0.1, 0.15) is 40.6 Å². The van der Waals surface area contributed by atoms with Gasteiger partial charge in [-0.15, -0.1) is 0 Å². The number of carbonyl (C=O) groups is 1. The Morgan fingerprint density at radius 1 is 1.16 bits per heavy atom. The number of amides is 1. The van der Waals surface area contributed by atoms with Gasteiger partial charge < -0.3 is 14.6 Å². The van der Waals surface area contributed by atoms with E-state index in [4.69, 9.17) is 14.4 Å². The van der Waals surface area contributed by atoms with Gasteiger partial charge in [0.25, 0.3) is 5.91 Å². The number of benzene rings is 2. The lowest BCUT2D eigenvalue weighted by atomic mass is 10.1. The molecule has 0 aliphatic heterocycles. The lowest BCUT2D eigenvalue weighted by Gasteiger charge is -2.10. The highest BCUT2D eigenvalue weighted by Crippen LogP contribution is 2.27. The number of hydrogen-bond acceptors (Lipinski definition) is 6. The van der Waals surface area contributed by atoms with Gasteiger partial charge in [0.1, 0.15) is 17.5 Å². The number of nitrogens with one attached hydrogen (secondary N) is 1. The van der Waals surface area contributed by atoms with Gasteiger partial charge in [0.15, 0.2) is 5.82 Å². The topological polar surface area (TPSA) is 95.1 Å². The predicted octanol–water partition coefficient (Wildman–Crippen LogP) is 4.04. The summed E-state index contributed by atoms with van der Waals surface area (Å²) in [7, 11) is 1.60. The average Bonchev–Trinajstić information content (AvgIpc) is 3.41. The molecule has 0 spiro atoms. The van der Waals surface area contributed by atoms with Crippen LogP contribution in [0.5, 0.6) is 5.75 Å². The molecule has 8 nitrogen and oxygen atoms in total. The van der Waals surface area contributed by atoms with E-state index < -0.39 is 6.04 Å². The Hall–Kier alpha value is -3.94. The molecule has 1 amide bonds. The van der Waals surface area contributed by atoms with Gasteiger partial charge in [-0.3, -0.25) is 4.79 Å². The highest BCUT2D eigenvalue weighted by molar-refractivity contribution is 6.00. The zero-order valence-electron chi connectivity index (χ0n) is 17.8. The van der Waals surface area contributed by atoms with E-state index >= 15 is 0 Å². The van der Waals surface area contributed by atoms with Crippen LogP contribution in [0.4, 0.5) is 0 Å². The zero-order valence-corrected chi connectivity index (χ0v) is 17.8. The first-order valence-electron chi connectivity index (χ1n) is 9.87. The SMILES string of the molecule is COc1cccc(-c2nn(-c3ccc(C)cc3)cc2C(=O)NC(C)c2nc(C)no2)c1. The summed E-state index contributed by atoms with van der Waals surface area (Å²) in [5.41, 5.74) is 3.75. The fourth-order valence-corrected chi connectivity index (χ4v) is 3.18. The van der Waals surface area contributed by atoms with Crippen molar-refractivity contribution < 1.29 is 14.1 Å². The van der Waals surface area contributed by atoms with Crippen LogP contribution in [0, 0.1) is 13.8 Å². The molecule has 4 aromatic rings. The molecule has 2 heterocycles. The molecule has 2 aromatic carbocycles. The maximum atomic E-state index is 13.2. The van der Waals surface area contributed by atoms with Crippen molar-refractivity contribution >= 4 is 5.91 Å². The molecule has 0 saturated carbocycles. The first-order chi connectivity index (χ1) is 14.9. The highest BCUT2D eigenvalue weighted by Gasteiger charge is 2.22. The molecule has 0 radical (unpaired) electrons. The van der Waals surface area contributed by atoms with E-state index in [9.17, 15) is 4.79 Å². The Morgan fingerprint density at radius 3 is 2.61 bits per heavy atom. The van der Waals surface area contributed by atoms with E-state index in [1.165, 1.54) is 0 Å². The molecule has 0 aliphatic carbocycles. The Labute approximate surface area is 179 Å². The van der Waals surface area contributed by atoms with Gasteiger partial charge >= 0.3 is 0 Å². The van der Waals surface area contributed by atoms with E-state index in [-0.39, 0.29) is 5.91 Å². The first-order valence-corrected chi connectivity index (χ1v) is 9.87. The third-order valence-corrected chi connectivity index (χ3v) is 4.86. The molecular formula is C23H23N5O3. The molecule has 4 rings (SSSR count). The van der Waals surface area contributed by atoms with Gasteiger partial charge in [-0.25, -0.2) is 4.68 Å². The number of methoxy groups -OCH3 is 1. The van der Waals surface area contributed by atoms with Crippen LogP contribution in [0.15, 0.2) is 59.3 Å². The highest BCUT2D eigenvalue weighted by atomic mass is 16.5. The van der Waals surface area contributed by atoms with Crippen LogP contribution in [0.25, 0.3) is 16.9 Å². The van der Waals surface area contributed by atoms with E-state index in [2.05, 4.69) is 15.5 Å². The molecule has 8 heteroatoms. The van der Waals surface area contributed by atoms with E-state index in [1.54, 1.807) is 31.8 Å². The molecule has 1 N–H and O–H groups in total. The third kappa shape index (κ3) is 4.32. The summed E-state index contributed by atoms with van der Waals surface area (Å²) in [4.78, 5) is 17.4. The number of aromatic nitrogens is 4. The Bertz CT molecular complexity index is 1210. The molecule has 0 aliphatic rings. The Morgan fingerprint density at radius 2 is 1.94 bits per heavy atom. The van der Waals surface area contributed by atoms with Crippen molar-refractivity contribution in [3.05, 3.63) is 77.6 Å². The van der Waals surface area contributed by atoms with Crippen LogP contribution in [-0.2, 0) is 0 Å². The van der Waals surface area contributed by atoms with E-state index in [0.717, 1.165) is 16.8 Å². The number of hydrogen-bond donors (Lipinski definition) is 1. The molecule has 0 bridgehead atoms. The van der Waals surface area contributed by atoms with Gasteiger partial charge in [0, 0.05) is 11.8 Å². The van der Waals surface area contributed by atoms with Gasteiger partial charge in [0.2, 0.25) is 5.89 Å². The molecule has 0 fully saturated rings. The lowest BCUT2D eigenvalue weighted by molar-refractivity contribution is 0.0933. The second-order valence-electron chi connectivity index (χ2n) is 7.28. The molecule has 0 saturated heterocycles. The summed E-state index contributed by atoms with van der Waals surface area (Å²) in [6.07, 6.45) is 1.72. The number of ether oxygens (including phenoxy) is 1. The zero-order chi connectivity index (χ0) is 22.0. The van der Waals surface area contributed by atoms with Crippen LogP contribution in [0.2, 0.25) is 0 Å². The molecular weight excluding hydrogens is 394 g/mol. The Kier molecular flexibility index (Phi) is 5.53. The minimum absolute atomic E-state index is 0.292. The van der Waals surface area contributed by atoms with Crippen LogP contribution in [-0.4, -0.2) is 32.9 Å². The van der Waals surface area contributed by atoms with Crippen LogP contribution >= 0.6 is 0 Å². The second kappa shape index (κ2) is 8.43. The number of carbonyl (C=O) groups excluding carboxylic acids is 1. The molecule has 2 aromatic heterocycles. The van der Waals surface area contributed by atoms with E-state index in [0.29, 0.717) is 28.7 Å². The van der Waals surface area contributed by atoms with Crippen LogP contribution < -0.4 is 10.1 Å². The maximum absolute atomic E-state index is 13.2. The summed E-state index contributed by atoms with van der Waals surface area (Å²) < 4.78 is 12.2.